The molecule has 0 N–H and O–H groups in total. The minimum absolute atomic E-state index is 0.207. The van der Waals surface area contributed by atoms with E-state index in [9.17, 15) is 4.79 Å². The molecule has 0 radical (unpaired) electrons. The van der Waals surface area contributed by atoms with Crippen LogP contribution in [0.25, 0.3) is 0 Å². The minimum Gasteiger partial charge on any atom is -0.466 e. The number of furan rings is 1. The average molecular weight is 264 g/mol. The monoisotopic (exact) mass is 264 g/mol. The zero-order valence-corrected chi connectivity index (χ0v) is 12.0. The van der Waals surface area contributed by atoms with E-state index in [4.69, 9.17) is 10.8 Å². The van der Waals surface area contributed by atoms with E-state index in [0.717, 1.165) is 17.9 Å². The Balaban J connectivity index is 0.000000370. The minimum atomic E-state index is 0.207. The van der Waals surface area contributed by atoms with Crippen LogP contribution in [0.5, 0.6) is 0 Å². The summed E-state index contributed by atoms with van der Waals surface area (Å²) in [5.74, 6) is 19.0. The van der Waals surface area contributed by atoms with Crippen molar-refractivity contribution < 1.29 is 9.21 Å². The Hall–Kier alpha value is -2.81. The van der Waals surface area contributed by atoms with Gasteiger partial charge in [-0.2, -0.15) is 0 Å². The van der Waals surface area contributed by atoms with Gasteiger partial charge in [0.2, 0.25) is 0 Å². The summed E-state index contributed by atoms with van der Waals surface area (Å²) in [6.45, 7) is 5.20. The summed E-state index contributed by atoms with van der Waals surface area (Å²) in [5.41, 5.74) is 0. The summed E-state index contributed by atoms with van der Waals surface area (Å²) in [7, 11) is 0. The summed E-state index contributed by atoms with van der Waals surface area (Å²) in [6, 6.07) is 3.83. The van der Waals surface area contributed by atoms with E-state index >= 15 is 0 Å². The molecular formula is C18H16O2. The highest BCUT2D eigenvalue weighted by Gasteiger charge is 1.99. The summed E-state index contributed by atoms with van der Waals surface area (Å²) in [4.78, 5) is 10.6. The molecule has 0 amide bonds. The molecule has 1 aromatic heterocycles. The third-order valence-electron chi connectivity index (χ3n) is 1.97. The predicted molar refractivity (Wildman–Crippen MR) is 80.3 cm³/mol. The highest BCUT2D eigenvalue weighted by Crippen LogP contribution is 2.08. The van der Waals surface area contributed by atoms with Gasteiger partial charge in [-0.1, -0.05) is 5.92 Å². The van der Waals surface area contributed by atoms with Crippen molar-refractivity contribution in [2.75, 3.05) is 0 Å². The van der Waals surface area contributed by atoms with Crippen LogP contribution in [-0.4, -0.2) is 5.78 Å². The Morgan fingerprint density at radius 2 is 1.85 bits per heavy atom. The summed E-state index contributed by atoms with van der Waals surface area (Å²) in [5, 5.41) is 0. The van der Waals surface area contributed by atoms with Crippen LogP contribution < -0.4 is 0 Å². The largest absolute Gasteiger partial charge is 0.466 e. The van der Waals surface area contributed by atoms with Gasteiger partial charge in [0.25, 0.3) is 0 Å². The number of Topliss-reactive ketones (excluding diaryl/α,β-unsaturated/α-hetero) is 1. The van der Waals surface area contributed by atoms with Crippen molar-refractivity contribution in [2.45, 2.75) is 33.6 Å². The Bertz CT molecular complexity index is 650. The maximum Gasteiger partial charge on any atom is 0.130 e. The predicted octanol–water partition coefficient (Wildman–Crippen LogP) is 2.76. The molecule has 0 bridgehead atoms. The summed E-state index contributed by atoms with van der Waals surface area (Å²) >= 11 is 0. The van der Waals surface area contributed by atoms with Crippen LogP contribution in [0.2, 0.25) is 0 Å². The first kappa shape index (κ1) is 17.2. The first-order valence-electron chi connectivity index (χ1n) is 6.02. The first-order chi connectivity index (χ1) is 9.60. The molecule has 0 aliphatic heterocycles. The quantitative estimate of drug-likeness (QED) is 0.786. The number of aryl methyl sites for hydroxylation is 2. The zero-order valence-electron chi connectivity index (χ0n) is 12.0. The van der Waals surface area contributed by atoms with Crippen LogP contribution in [-0.2, 0) is 11.2 Å². The average Bonchev–Trinajstić information content (AvgIpc) is 2.83. The molecule has 1 rings (SSSR count). The van der Waals surface area contributed by atoms with E-state index in [1.165, 1.54) is 0 Å². The van der Waals surface area contributed by atoms with Gasteiger partial charge in [-0.15, -0.1) is 6.42 Å². The Kier molecular flexibility index (Phi) is 9.70. The second-order valence-corrected chi connectivity index (χ2v) is 3.73. The van der Waals surface area contributed by atoms with E-state index in [-0.39, 0.29) is 5.78 Å². The highest BCUT2D eigenvalue weighted by atomic mass is 16.3. The number of carbonyl (C=O) groups excluding carboxylic acids is 1. The van der Waals surface area contributed by atoms with Crippen molar-refractivity contribution in [3.05, 3.63) is 23.7 Å². The third kappa shape index (κ3) is 10.4. The number of carbonyl (C=O) groups is 1. The van der Waals surface area contributed by atoms with Crippen LogP contribution in [0.3, 0.4) is 0 Å². The molecular weight excluding hydrogens is 248 g/mol. The second-order valence-electron chi connectivity index (χ2n) is 3.73. The Labute approximate surface area is 120 Å². The fourth-order valence-electron chi connectivity index (χ4n) is 1.11. The molecule has 2 heteroatoms. The van der Waals surface area contributed by atoms with Crippen molar-refractivity contribution in [3.63, 3.8) is 0 Å². The molecule has 0 spiro atoms. The summed E-state index contributed by atoms with van der Waals surface area (Å²) < 4.78 is 5.28. The molecule has 1 aromatic rings. The smallest absolute Gasteiger partial charge is 0.130 e. The lowest BCUT2D eigenvalue weighted by Gasteiger charge is -1.91. The van der Waals surface area contributed by atoms with E-state index < -0.39 is 0 Å². The fraction of sp³-hybridized carbons (Fsp3) is 0.278. The highest BCUT2D eigenvalue weighted by molar-refractivity contribution is 5.75. The molecule has 0 atom stereocenters. The van der Waals surface area contributed by atoms with Crippen LogP contribution in [0.1, 0.15) is 31.8 Å². The maximum absolute atomic E-state index is 10.6. The van der Waals surface area contributed by atoms with Gasteiger partial charge in [0.1, 0.15) is 17.3 Å². The van der Waals surface area contributed by atoms with Gasteiger partial charge in [0, 0.05) is 12.8 Å². The maximum atomic E-state index is 10.6. The van der Waals surface area contributed by atoms with Gasteiger partial charge in [0.15, 0.2) is 0 Å². The van der Waals surface area contributed by atoms with Crippen molar-refractivity contribution in [2.24, 2.45) is 0 Å². The molecule has 0 aliphatic carbocycles. The molecule has 1 heterocycles. The van der Waals surface area contributed by atoms with Gasteiger partial charge >= 0.3 is 0 Å². The number of terminal acetylenes is 1. The lowest BCUT2D eigenvalue weighted by atomic mass is 10.2. The van der Waals surface area contributed by atoms with Gasteiger partial charge in [0.05, 0.1) is 0 Å². The van der Waals surface area contributed by atoms with Gasteiger partial charge in [-0.05, 0) is 68.4 Å². The molecule has 0 aliphatic rings. The molecule has 0 saturated carbocycles. The molecule has 0 saturated heterocycles. The normalized spacial score (nSPS) is 7.10. The van der Waals surface area contributed by atoms with E-state index in [1.54, 1.807) is 13.8 Å². The van der Waals surface area contributed by atoms with Crippen LogP contribution >= 0.6 is 0 Å². The Morgan fingerprint density at radius 3 is 2.35 bits per heavy atom. The van der Waals surface area contributed by atoms with Crippen LogP contribution in [0.15, 0.2) is 16.5 Å². The van der Waals surface area contributed by atoms with Crippen molar-refractivity contribution >= 4 is 5.78 Å². The van der Waals surface area contributed by atoms with Crippen molar-refractivity contribution in [1.82, 2.24) is 0 Å². The fourth-order valence-corrected chi connectivity index (χ4v) is 1.11. The van der Waals surface area contributed by atoms with Crippen LogP contribution in [0.4, 0.5) is 0 Å². The third-order valence-corrected chi connectivity index (χ3v) is 1.97. The first-order valence-corrected chi connectivity index (χ1v) is 6.02. The van der Waals surface area contributed by atoms with Gasteiger partial charge in [-0.3, -0.25) is 0 Å². The van der Waals surface area contributed by atoms with Crippen molar-refractivity contribution in [1.29, 1.82) is 0 Å². The molecule has 0 unspecified atom stereocenters. The van der Waals surface area contributed by atoms with E-state index in [1.807, 2.05) is 19.1 Å². The molecule has 0 fully saturated rings. The summed E-state index contributed by atoms with van der Waals surface area (Å²) in [6.07, 6.45) is 6.12. The number of hydrogen-bond donors (Lipinski definition) is 0. The molecule has 20 heavy (non-hydrogen) atoms. The van der Waals surface area contributed by atoms with Crippen LogP contribution in [0, 0.1) is 54.8 Å². The number of ketones is 1. The van der Waals surface area contributed by atoms with Gasteiger partial charge < -0.3 is 9.21 Å². The van der Waals surface area contributed by atoms with E-state index in [2.05, 4.69) is 41.4 Å². The van der Waals surface area contributed by atoms with Gasteiger partial charge in [-0.25, -0.2) is 0 Å². The standard InChI is InChI=1S/C9H12O2.C9H4/c1-7(10)3-5-9-6-4-8(2)11-9;1-3-5-7-9-8-6-4-2/h4,6H,3,5H2,1-2H3;1H,2H3. The second kappa shape index (κ2) is 11.3. The Morgan fingerprint density at radius 1 is 1.20 bits per heavy atom. The molecule has 100 valence electrons. The molecule has 2 nitrogen and oxygen atoms in total. The SMILES string of the molecule is C#CC#CC#CC#CC.CC(=O)CCc1ccc(C)o1. The lowest BCUT2D eigenvalue weighted by Crippen LogP contribution is -1.91. The van der Waals surface area contributed by atoms with Crippen molar-refractivity contribution in [3.8, 4) is 47.9 Å². The number of rotatable bonds is 3. The number of hydrogen-bond acceptors (Lipinski definition) is 2. The topological polar surface area (TPSA) is 30.2 Å². The van der Waals surface area contributed by atoms with E-state index in [0.29, 0.717) is 6.42 Å². The molecule has 0 aromatic carbocycles. The lowest BCUT2D eigenvalue weighted by molar-refractivity contribution is -0.117. The zero-order chi connectivity index (χ0) is 15.2.